The number of allylic oxidation sites excluding steroid dienone is 5. The van der Waals surface area contributed by atoms with Crippen LogP contribution < -0.4 is 16.0 Å². The van der Waals surface area contributed by atoms with Crippen LogP contribution in [-0.2, 0) is 0 Å². The smallest absolute Gasteiger partial charge is 0.139 e. The van der Waals surface area contributed by atoms with Gasteiger partial charge < -0.3 is 25.8 Å². The molecule has 0 aromatic carbocycles. The molecule has 2 aliphatic rings. The molecule has 2 fully saturated rings. The van der Waals surface area contributed by atoms with Gasteiger partial charge in [0.1, 0.15) is 5.65 Å². The Labute approximate surface area is 250 Å². The van der Waals surface area contributed by atoms with E-state index in [-0.39, 0.29) is 0 Å². The maximum atomic E-state index is 6.46. The molecule has 42 heavy (non-hydrogen) atoms. The van der Waals surface area contributed by atoms with Crippen molar-refractivity contribution in [3.8, 4) is 0 Å². The molecule has 0 radical (unpaired) electrons. The first-order valence-electron chi connectivity index (χ1n) is 15.2. The Morgan fingerprint density at radius 3 is 2.60 bits per heavy atom. The van der Waals surface area contributed by atoms with Gasteiger partial charge in [-0.25, -0.2) is 9.97 Å². The number of H-pyrrole nitrogens is 1. The molecule has 4 heterocycles. The molecule has 0 atom stereocenters. The normalized spacial score (nSPS) is 17.4. The summed E-state index contributed by atoms with van der Waals surface area (Å²) in [4.78, 5) is 17.9. The van der Waals surface area contributed by atoms with Crippen LogP contribution in [0.2, 0.25) is 0 Å². The third-order valence-corrected chi connectivity index (χ3v) is 8.61. The molecule has 1 aliphatic carbocycles. The van der Waals surface area contributed by atoms with Gasteiger partial charge in [0.2, 0.25) is 0 Å². The van der Waals surface area contributed by atoms with Crippen molar-refractivity contribution >= 4 is 33.6 Å². The number of nitrogens with zero attached hydrogens (tertiary/aromatic N) is 4. The highest BCUT2D eigenvalue weighted by Crippen LogP contribution is 2.33. The molecule has 7 heteroatoms. The van der Waals surface area contributed by atoms with Crippen LogP contribution >= 0.6 is 0 Å². The summed E-state index contributed by atoms with van der Waals surface area (Å²) in [6.45, 7) is 18.8. The SMILES string of the molecule is C=C/C(=C\C(=C/C)c1ccc(N)c(C(=C)c2cc3c(N4CCN(C)CC4)ccnc3[nH]2)n1)NC(=C)CC1CCCCC1. The predicted molar refractivity (Wildman–Crippen MR) is 178 cm³/mol. The second kappa shape index (κ2) is 13.3. The number of aromatic nitrogens is 3. The molecule has 1 saturated carbocycles. The summed E-state index contributed by atoms with van der Waals surface area (Å²) in [5, 5.41) is 4.58. The molecular weight excluding hydrogens is 518 g/mol. The van der Waals surface area contributed by atoms with Gasteiger partial charge in [-0.15, -0.1) is 0 Å². The van der Waals surface area contributed by atoms with Crippen LogP contribution in [-0.4, -0.2) is 53.1 Å². The maximum absolute atomic E-state index is 6.46. The number of aromatic amines is 1. The number of nitrogens with two attached hydrogens (primary N) is 1. The Morgan fingerprint density at radius 1 is 1.12 bits per heavy atom. The van der Waals surface area contributed by atoms with E-state index in [1.165, 1.54) is 37.8 Å². The molecule has 0 unspecified atom stereocenters. The second-order valence-electron chi connectivity index (χ2n) is 11.7. The van der Waals surface area contributed by atoms with Gasteiger partial charge in [-0.2, -0.15) is 0 Å². The van der Waals surface area contributed by atoms with E-state index in [1.807, 2.05) is 31.3 Å². The number of nitrogen functional groups attached to an aromatic ring is 1. The van der Waals surface area contributed by atoms with E-state index in [9.17, 15) is 0 Å². The van der Waals surface area contributed by atoms with Gasteiger partial charge in [0.15, 0.2) is 0 Å². The number of fused-ring (bicyclic) bond motifs is 1. The zero-order valence-electron chi connectivity index (χ0n) is 25.3. The number of likely N-dealkylation sites (N-methyl/N-ethyl adjacent to an activating group) is 1. The van der Waals surface area contributed by atoms with Crippen LogP contribution in [0.15, 0.2) is 79.8 Å². The van der Waals surface area contributed by atoms with E-state index in [4.69, 9.17) is 10.7 Å². The van der Waals surface area contributed by atoms with Crippen molar-refractivity contribution < 1.29 is 0 Å². The van der Waals surface area contributed by atoms with Crippen LogP contribution in [0.3, 0.4) is 0 Å². The molecule has 1 saturated heterocycles. The van der Waals surface area contributed by atoms with Crippen molar-refractivity contribution in [3.05, 3.63) is 96.9 Å². The fourth-order valence-electron chi connectivity index (χ4n) is 6.11. The van der Waals surface area contributed by atoms with E-state index in [2.05, 4.69) is 76.2 Å². The van der Waals surface area contributed by atoms with Gasteiger partial charge in [-0.05, 0) is 68.3 Å². The number of piperazine rings is 1. The number of anilines is 2. The first-order valence-corrected chi connectivity index (χ1v) is 15.2. The Bertz CT molecular complexity index is 1510. The average Bonchev–Trinajstić information content (AvgIpc) is 3.45. The molecule has 220 valence electrons. The molecule has 4 N–H and O–H groups in total. The highest BCUT2D eigenvalue weighted by Gasteiger charge is 2.20. The molecule has 3 aromatic rings. The Kier molecular flexibility index (Phi) is 9.28. The number of hydrogen-bond donors (Lipinski definition) is 3. The number of pyridine rings is 2. The van der Waals surface area contributed by atoms with E-state index in [0.29, 0.717) is 11.4 Å². The molecule has 0 bridgehead atoms. The lowest BCUT2D eigenvalue weighted by Gasteiger charge is -2.34. The van der Waals surface area contributed by atoms with Crippen LogP contribution in [0.4, 0.5) is 11.4 Å². The monoisotopic (exact) mass is 563 g/mol. The minimum atomic E-state index is 0.581. The van der Waals surface area contributed by atoms with E-state index in [1.54, 1.807) is 0 Å². The topological polar surface area (TPSA) is 86.1 Å². The van der Waals surface area contributed by atoms with Crippen LogP contribution in [0.25, 0.3) is 22.2 Å². The second-order valence-corrected chi connectivity index (χ2v) is 11.7. The number of nitrogens with one attached hydrogen (secondary N) is 2. The standard InChI is InChI=1S/C35H45N7/c1-6-27(22-28(7-2)38-24(3)21-26-11-9-8-10-12-26)31-14-13-30(36)34(39-31)25(4)32-23-29-33(15-16-37-35(29)40-32)42-19-17-41(5)18-20-42/h6-7,13-16,22-23,26,38H,2-4,8-12,17-21,36H2,1,5H3,(H,37,40)/b27-6+,28-22+. The number of rotatable bonds is 10. The highest BCUT2D eigenvalue weighted by molar-refractivity contribution is 5.95. The van der Waals surface area contributed by atoms with Crippen molar-refractivity contribution in [1.29, 1.82) is 0 Å². The van der Waals surface area contributed by atoms with Crippen LogP contribution in [0.1, 0.15) is 62.5 Å². The van der Waals surface area contributed by atoms with Crippen molar-refractivity contribution in [2.75, 3.05) is 43.9 Å². The maximum Gasteiger partial charge on any atom is 0.139 e. The van der Waals surface area contributed by atoms with Gasteiger partial charge in [0.05, 0.1) is 17.1 Å². The molecule has 0 amide bonds. The minimum absolute atomic E-state index is 0.581. The first kappa shape index (κ1) is 29.4. The van der Waals surface area contributed by atoms with Gasteiger partial charge in [-0.3, -0.25) is 0 Å². The van der Waals surface area contributed by atoms with Crippen LogP contribution in [0, 0.1) is 5.92 Å². The molecule has 7 nitrogen and oxygen atoms in total. The summed E-state index contributed by atoms with van der Waals surface area (Å²) < 4.78 is 0. The summed E-state index contributed by atoms with van der Waals surface area (Å²) in [6.07, 6.45) is 15.4. The van der Waals surface area contributed by atoms with Crippen molar-refractivity contribution in [3.63, 3.8) is 0 Å². The summed E-state index contributed by atoms with van der Waals surface area (Å²) in [5.41, 5.74) is 15.0. The molecule has 5 rings (SSSR count). The van der Waals surface area contributed by atoms with Crippen molar-refractivity contribution in [1.82, 2.24) is 25.2 Å². The average molecular weight is 564 g/mol. The molecule has 0 spiro atoms. The lowest BCUT2D eigenvalue weighted by atomic mass is 9.86. The van der Waals surface area contributed by atoms with Gasteiger partial charge >= 0.3 is 0 Å². The number of hydrogen-bond acceptors (Lipinski definition) is 6. The fourth-order valence-corrected chi connectivity index (χ4v) is 6.11. The summed E-state index contributed by atoms with van der Waals surface area (Å²) >= 11 is 0. The summed E-state index contributed by atoms with van der Waals surface area (Å²) in [7, 11) is 2.17. The third-order valence-electron chi connectivity index (χ3n) is 8.61. The third kappa shape index (κ3) is 6.68. The van der Waals surface area contributed by atoms with Gasteiger partial charge in [0, 0.05) is 66.1 Å². The van der Waals surface area contributed by atoms with E-state index < -0.39 is 0 Å². The van der Waals surface area contributed by atoms with Crippen molar-refractivity contribution in [2.45, 2.75) is 45.4 Å². The lowest BCUT2D eigenvalue weighted by molar-refractivity contribution is 0.313. The largest absolute Gasteiger partial charge is 0.397 e. The molecule has 1 aliphatic heterocycles. The Balaban J connectivity index is 1.37. The quantitative estimate of drug-likeness (QED) is 0.233. The fraction of sp³-hybridized carbons (Fsp3) is 0.371. The zero-order valence-corrected chi connectivity index (χ0v) is 25.3. The van der Waals surface area contributed by atoms with Crippen LogP contribution in [0.5, 0.6) is 0 Å². The zero-order chi connectivity index (χ0) is 29.6. The van der Waals surface area contributed by atoms with Gasteiger partial charge in [0.25, 0.3) is 0 Å². The first-order chi connectivity index (χ1) is 20.4. The van der Waals surface area contributed by atoms with Gasteiger partial charge in [-0.1, -0.05) is 57.9 Å². The predicted octanol–water partition coefficient (Wildman–Crippen LogP) is 6.90. The van der Waals surface area contributed by atoms with E-state index in [0.717, 1.165) is 83.5 Å². The summed E-state index contributed by atoms with van der Waals surface area (Å²) in [6, 6.07) is 8.08. The highest BCUT2D eigenvalue weighted by atomic mass is 15.2. The Morgan fingerprint density at radius 2 is 1.88 bits per heavy atom. The van der Waals surface area contributed by atoms with E-state index >= 15 is 0 Å². The lowest BCUT2D eigenvalue weighted by Crippen LogP contribution is -2.44. The molecular formula is C35H45N7. The Hall–Kier alpha value is -4.10. The molecule has 3 aromatic heterocycles. The van der Waals surface area contributed by atoms with Crippen molar-refractivity contribution in [2.24, 2.45) is 5.92 Å². The summed E-state index contributed by atoms with van der Waals surface area (Å²) in [5.74, 6) is 0.718. The minimum Gasteiger partial charge on any atom is -0.397 e.